The molecule has 21 heavy (non-hydrogen) atoms. The molecular formula is C15H16ClFN2O2. The van der Waals surface area contributed by atoms with E-state index < -0.39 is 11.9 Å². The molecule has 0 bridgehead atoms. The monoisotopic (exact) mass is 310 g/mol. The molecule has 3 N–H and O–H groups in total. The van der Waals surface area contributed by atoms with Crippen molar-refractivity contribution in [2.24, 2.45) is 5.84 Å². The Balaban J connectivity index is 2.51. The van der Waals surface area contributed by atoms with Crippen LogP contribution < -0.4 is 20.7 Å². The van der Waals surface area contributed by atoms with Gasteiger partial charge in [-0.2, -0.15) is 0 Å². The molecule has 2 aromatic rings. The molecule has 0 fully saturated rings. The molecule has 2 aromatic carbocycles. The Hall–Kier alpha value is -1.82. The molecule has 1 unspecified atom stereocenters. The number of nitrogens with two attached hydrogens (primary N) is 1. The molecule has 1 atom stereocenters. The van der Waals surface area contributed by atoms with Crippen molar-refractivity contribution in [2.45, 2.75) is 6.04 Å². The largest absolute Gasteiger partial charge is 0.496 e. The second kappa shape index (κ2) is 6.76. The van der Waals surface area contributed by atoms with Crippen LogP contribution in [-0.4, -0.2) is 14.2 Å². The number of rotatable bonds is 5. The maximum Gasteiger partial charge on any atom is 0.165 e. The van der Waals surface area contributed by atoms with Gasteiger partial charge < -0.3 is 9.47 Å². The number of hydrazine groups is 1. The average molecular weight is 311 g/mol. The van der Waals surface area contributed by atoms with E-state index in [0.29, 0.717) is 10.8 Å². The molecule has 2 rings (SSSR count). The lowest BCUT2D eigenvalue weighted by molar-refractivity contribution is 0.384. The summed E-state index contributed by atoms with van der Waals surface area (Å²) in [4.78, 5) is 0. The summed E-state index contributed by atoms with van der Waals surface area (Å²) in [6.45, 7) is 0. The fraction of sp³-hybridized carbons (Fsp3) is 0.200. The molecule has 0 radical (unpaired) electrons. The topological polar surface area (TPSA) is 56.5 Å². The molecule has 0 amide bonds. The van der Waals surface area contributed by atoms with Crippen molar-refractivity contribution < 1.29 is 13.9 Å². The SMILES string of the molecule is COc1cc(C(NN)c2cc(Cl)ccc2OC)ccc1F. The summed E-state index contributed by atoms with van der Waals surface area (Å²) < 4.78 is 23.8. The standard InChI is InChI=1S/C15H16ClFN2O2/c1-20-13-6-4-10(16)8-11(13)15(19-18)9-3-5-12(17)14(7-9)21-2/h3-8,15,19H,18H2,1-2H3. The highest BCUT2D eigenvalue weighted by atomic mass is 35.5. The van der Waals surface area contributed by atoms with Gasteiger partial charge in [0, 0.05) is 10.6 Å². The van der Waals surface area contributed by atoms with Crippen LogP contribution in [-0.2, 0) is 0 Å². The number of methoxy groups -OCH3 is 2. The van der Waals surface area contributed by atoms with Gasteiger partial charge in [-0.25, -0.2) is 9.82 Å². The van der Waals surface area contributed by atoms with Gasteiger partial charge in [-0.3, -0.25) is 5.84 Å². The predicted molar refractivity (Wildman–Crippen MR) is 80.1 cm³/mol. The van der Waals surface area contributed by atoms with Crippen molar-refractivity contribution in [3.63, 3.8) is 0 Å². The Morgan fingerprint density at radius 2 is 1.81 bits per heavy atom. The highest BCUT2D eigenvalue weighted by Gasteiger charge is 2.19. The zero-order valence-corrected chi connectivity index (χ0v) is 12.4. The Bertz CT molecular complexity index is 637. The van der Waals surface area contributed by atoms with Gasteiger partial charge in [-0.15, -0.1) is 0 Å². The molecular weight excluding hydrogens is 295 g/mol. The fourth-order valence-corrected chi connectivity index (χ4v) is 2.33. The van der Waals surface area contributed by atoms with Gasteiger partial charge in [-0.05, 0) is 35.9 Å². The normalized spacial score (nSPS) is 12.0. The second-order valence-corrected chi connectivity index (χ2v) is 4.82. The summed E-state index contributed by atoms with van der Waals surface area (Å²) in [5, 5.41) is 0.556. The van der Waals surface area contributed by atoms with Gasteiger partial charge >= 0.3 is 0 Å². The summed E-state index contributed by atoms with van der Waals surface area (Å²) in [6, 6.07) is 9.36. The van der Waals surface area contributed by atoms with Gasteiger partial charge in [-0.1, -0.05) is 17.7 Å². The van der Waals surface area contributed by atoms with E-state index in [1.165, 1.54) is 13.2 Å². The van der Waals surface area contributed by atoms with Crippen molar-refractivity contribution in [2.75, 3.05) is 14.2 Å². The molecule has 112 valence electrons. The number of ether oxygens (including phenoxy) is 2. The van der Waals surface area contributed by atoms with Crippen molar-refractivity contribution in [1.29, 1.82) is 0 Å². The molecule has 0 aliphatic heterocycles. The quantitative estimate of drug-likeness (QED) is 0.658. The first-order valence-electron chi connectivity index (χ1n) is 6.23. The number of benzene rings is 2. The molecule has 6 heteroatoms. The van der Waals surface area contributed by atoms with Gasteiger partial charge in [0.05, 0.1) is 20.3 Å². The Labute approximate surface area is 127 Å². The minimum absolute atomic E-state index is 0.147. The zero-order valence-electron chi connectivity index (χ0n) is 11.7. The van der Waals surface area contributed by atoms with Crippen LogP contribution in [0.15, 0.2) is 36.4 Å². The predicted octanol–water partition coefficient (Wildman–Crippen LogP) is 3.05. The van der Waals surface area contributed by atoms with Crippen LogP contribution in [0, 0.1) is 5.82 Å². The first-order valence-corrected chi connectivity index (χ1v) is 6.61. The van der Waals surface area contributed by atoms with Gasteiger partial charge in [0.25, 0.3) is 0 Å². The van der Waals surface area contributed by atoms with Crippen molar-refractivity contribution in [1.82, 2.24) is 5.43 Å². The minimum atomic E-state index is -0.435. The van der Waals surface area contributed by atoms with E-state index >= 15 is 0 Å². The minimum Gasteiger partial charge on any atom is -0.496 e. The molecule has 4 nitrogen and oxygen atoms in total. The van der Waals surface area contributed by atoms with Crippen LogP contribution in [0.25, 0.3) is 0 Å². The van der Waals surface area contributed by atoms with E-state index in [1.807, 2.05) is 0 Å². The van der Waals surface area contributed by atoms with E-state index in [2.05, 4.69) is 5.43 Å². The molecule has 0 saturated carbocycles. The van der Waals surface area contributed by atoms with E-state index in [1.54, 1.807) is 37.4 Å². The Morgan fingerprint density at radius 1 is 1.10 bits per heavy atom. The average Bonchev–Trinajstić information content (AvgIpc) is 2.50. The van der Waals surface area contributed by atoms with Gasteiger partial charge in [0.1, 0.15) is 5.75 Å². The summed E-state index contributed by atoms with van der Waals surface area (Å²) in [5.41, 5.74) is 4.17. The van der Waals surface area contributed by atoms with E-state index in [-0.39, 0.29) is 5.75 Å². The number of nitrogens with one attached hydrogen (secondary N) is 1. The van der Waals surface area contributed by atoms with Gasteiger partial charge in [0.2, 0.25) is 0 Å². The summed E-state index contributed by atoms with van der Waals surface area (Å²) in [7, 11) is 2.97. The van der Waals surface area contributed by atoms with Crippen molar-refractivity contribution in [3.8, 4) is 11.5 Å². The van der Waals surface area contributed by atoms with E-state index in [4.69, 9.17) is 26.9 Å². The third-order valence-corrected chi connectivity index (χ3v) is 3.41. The third kappa shape index (κ3) is 3.26. The zero-order chi connectivity index (χ0) is 15.4. The number of hydrogen-bond acceptors (Lipinski definition) is 4. The van der Waals surface area contributed by atoms with Crippen LogP contribution in [0.1, 0.15) is 17.2 Å². The molecule has 0 spiro atoms. The van der Waals surface area contributed by atoms with Crippen LogP contribution >= 0.6 is 11.6 Å². The number of halogens is 2. The second-order valence-electron chi connectivity index (χ2n) is 4.38. The maximum atomic E-state index is 13.5. The molecule has 0 aliphatic rings. The van der Waals surface area contributed by atoms with Crippen LogP contribution in [0.3, 0.4) is 0 Å². The number of hydrogen-bond donors (Lipinski definition) is 2. The van der Waals surface area contributed by atoms with Crippen LogP contribution in [0.5, 0.6) is 11.5 Å². The molecule has 0 aliphatic carbocycles. The summed E-state index contributed by atoms with van der Waals surface area (Å²) in [5.74, 6) is 6.00. The fourth-order valence-electron chi connectivity index (χ4n) is 2.15. The lowest BCUT2D eigenvalue weighted by Crippen LogP contribution is -2.29. The third-order valence-electron chi connectivity index (χ3n) is 3.18. The van der Waals surface area contributed by atoms with Gasteiger partial charge in [0.15, 0.2) is 11.6 Å². The Morgan fingerprint density at radius 3 is 2.43 bits per heavy atom. The first kappa shape index (κ1) is 15.6. The maximum absolute atomic E-state index is 13.5. The first-order chi connectivity index (χ1) is 10.1. The Kier molecular flexibility index (Phi) is 5.01. The summed E-state index contributed by atoms with van der Waals surface area (Å²) >= 11 is 6.04. The van der Waals surface area contributed by atoms with E-state index in [9.17, 15) is 4.39 Å². The highest BCUT2D eigenvalue weighted by molar-refractivity contribution is 6.30. The molecule has 0 saturated heterocycles. The van der Waals surface area contributed by atoms with Crippen molar-refractivity contribution in [3.05, 3.63) is 58.4 Å². The smallest absolute Gasteiger partial charge is 0.165 e. The van der Waals surface area contributed by atoms with E-state index in [0.717, 1.165) is 11.1 Å². The highest BCUT2D eigenvalue weighted by Crippen LogP contribution is 2.33. The van der Waals surface area contributed by atoms with Crippen LogP contribution in [0.2, 0.25) is 5.02 Å². The lowest BCUT2D eigenvalue weighted by atomic mass is 9.98. The molecule has 0 aromatic heterocycles. The molecule has 0 heterocycles. The van der Waals surface area contributed by atoms with Crippen molar-refractivity contribution >= 4 is 11.6 Å². The van der Waals surface area contributed by atoms with Crippen LogP contribution in [0.4, 0.5) is 4.39 Å². The summed E-state index contributed by atoms with van der Waals surface area (Å²) in [6.07, 6.45) is 0. The lowest BCUT2D eigenvalue weighted by Gasteiger charge is -2.20.